The van der Waals surface area contributed by atoms with Gasteiger partial charge in [0.15, 0.2) is 0 Å². The highest BCUT2D eigenvalue weighted by atomic mass is 16.2. The van der Waals surface area contributed by atoms with Gasteiger partial charge in [-0.2, -0.15) is 0 Å². The molecule has 1 unspecified atom stereocenters. The third-order valence-corrected chi connectivity index (χ3v) is 5.39. The predicted molar refractivity (Wildman–Crippen MR) is 109 cm³/mol. The molecule has 1 fully saturated rings. The topological polar surface area (TPSA) is 52.2 Å². The number of aromatic amines is 1. The van der Waals surface area contributed by atoms with Crippen molar-refractivity contribution in [3.8, 4) is 0 Å². The molecule has 0 bridgehead atoms. The highest BCUT2D eigenvalue weighted by molar-refractivity contribution is 5.84. The van der Waals surface area contributed by atoms with Gasteiger partial charge in [-0.3, -0.25) is 4.79 Å². The summed E-state index contributed by atoms with van der Waals surface area (Å²) in [4.78, 5) is 25.6. The number of carbonyl (C=O) groups is 1. The monoisotopic (exact) mass is 362 g/mol. The number of nitrogens with one attached hydrogen (secondary N) is 1. The van der Waals surface area contributed by atoms with Crippen LogP contribution in [0.15, 0.2) is 54.6 Å². The van der Waals surface area contributed by atoms with Crippen molar-refractivity contribution in [2.75, 3.05) is 31.1 Å². The zero-order valence-corrected chi connectivity index (χ0v) is 15.8. The number of hydrogen-bond donors (Lipinski definition) is 1. The Bertz CT molecular complexity index is 872. The summed E-state index contributed by atoms with van der Waals surface area (Å²) in [6.45, 7) is 5.34. The average molecular weight is 362 g/mol. The summed E-state index contributed by atoms with van der Waals surface area (Å²) in [7, 11) is 0. The molecular weight excluding hydrogens is 336 g/mol. The first-order valence-electron chi connectivity index (χ1n) is 9.79. The molecule has 1 saturated heterocycles. The number of nitrogens with zero attached hydrogens (tertiary/aromatic N) is 3. The average Bonchev–Trinajstić information content (AvgIpc) is 2.98. The minimum Gasteiger partial charge on any atom is -0.341 e. The molecule has 140 valence electrons. The fraction of sp³-hybridized carbons (Fsp3) is 0.364. The molecule has 0 radical (unpaired) electrons. The third kappa shape index (κ3) is 3.68. The van der Waals surface area contributed by atoms with Gasteiger partial charge in [0.1, 0.15) is 0 Å². The van der Waals surface area contributed by atoms with Crippen LogP contribution in [0.1, 0.15) is 31.2 Å². The van der Waals surface area contributed by atoms with E-state index in [2.05, 4.69) is 28.9 Å². The van der Waals surface area contributed by atoms with Crippen molar-refractivity contribution in [2.45, 2.75) is 25.7 Å². The van der Waals surface area contributed by atoms with Crippen LogP contribution in [0.3, 0.4) is 0 Å². The molecule has 2 heterocycles. The summed E-state index contributed by atoms with van der Waals surface area (Å²) in [6, 6.07) is 18.2. The van der Waals surface area contributed by atoms with Crippen molar-refractivity contribution in [3.05, 3.63) is 60.2 Å². The fourth-order valence-corrected chi connectivity index (χ4v) is 3.90. The van der Waals surface area contributed by atoms with E-state index in [1.165, 1.54) is 0 Å². The molecule has 27 heavy (non-hydrogen) atoms. The molecule has 5 nitrogen and oxygen atoms in total. The second-order valence-corrected chi connectivity index (χ2v) is 7.11. The largest absolute Gasteiger partial charge is 0.341 e. The van der Waals surface area contributed by atoms with E-state index in [-0.39, 0.29) is 11.8 Å². The van der Waals surface area contributed by atoms with E-state index in [4.69, 9.17) is 4.98 Å². The van der Waals surface area contributed by atoms with Crippen molar-refractivity contribution in [2.24, 2.45) is 0 Å². The van der Waals surface area contributed by atoms with Crippen molar-refractivity contribution in [3.63, 3.8) is 0 Å². The number of amides is 1. The number of fused-ring (bicyclic) bond motifs is 1. The molecule has 1 aliphatic rings. The third-order valence-electron chi connectivity index (χ3n) is 5.39. The quantitative estimate of drug-likeness (QED) is 0.768. The van der Waals surface area contributed by atoms with Crippen molar-refractivity contribution >= 4 is 22.9 Å². The van der Waals surface area contributed by atoms with Gasteiger partial charge in [-0.25, -0.2) is 4.98 Å². The Morgan fingerprint density at radius 3 is 2.59 bits per heavy atom. The molecule has 2 aromatic carbocycles. The van der Waals surface area contributed by atoms with Gasteiger partial charge in [0, 0.05) is 26.2 Å². The predicted octanol–water partition coefficient (Wildman–Crippen LogP) is 3.80. The van der Waals surface area contributed by atoms with Crippen LogP contribution < -0.4 is 4.90 Å². The first-order valence-corrected chi connectivity index (χ1v) is 9.79. The number of carbonyl (C=O) groups excluding carboxylic acids is 1. The minimum atomic E-state index is -0.0519. The van der Waals surface area contributed by atoms with Crippen LogP contribution in [0, 0.1) is 0 Å². The number of anilines is 1. The van der Waals surface area contributed by atoms with Gasteiger partial charge in [0.05, 0.1) is 17.0 Å². The van der Waals surface area contributed by atoms with E-state index in [9.17, 15) is 4.79 Å². The lowest BCUT2D eigenvalue weighted by molar-refractivity contribution is -0.132. The number of H-pyrrole nitrogens is 1. The van der Waals surface area contributed by atoms with Crippen molar-refractivity contribution in [1.29, 1.82) is 0 Å². The molecule has 0 saturated carbocycles. The van der Waals surface area contributed by atoms with E-state index in [0.29, 0.717) is 0 Å². The van der Waals surface area contributed by atoms with E-state index in [1.54, 1.807) is 0 Å². The van der Waals surface area contributed by atoms with Crippen LogP contribution in [-0.2, 0) is 4.79 Å². The summed E-state index contributed by atoms with van der Waals surface area (Å²) in [6.07, 6.45) is 1.78. The van der Waals surface area contributed by atoms with Gasteiger partial charge < -0.3 is 14.8 Å². The van der Waals surface area contributed by atoms with Crippen LogP contribution in [0.4, 0.5) is 5.95 Å². The van der Waals surface area contributed by atoms with Crippen LogP contribution in [-0.4, -0.2) is 47.0 Å². The van der Waals surface area contributed by atoms with Crippen molar-refractivity contribution < 1.29 is 4.79 Å². The van der Waals surface area contributed by atoms with E-state index in [1.807, 2.05) is 47.4 Å². The van der Waals surface area contributed by atoms with Gasteiger partial charge in [-0.05, 0) is 30.5 Å². The summed E-state index contributed by atoms with van der Waals surface area (Å²) in [5, 5.41) is 0. The summed E-state index contributed by atoms with van der Waals surface area (Å²) in [5.74, 6) is 1.10. The highest BCUT2D eigenvalue weighted by Gasteiger charge is 2.26. The number of imidazole rings is 1. The Morgan fingerprint density at radius 1 is 1.04 bits per heavy atom. The molecule has 1 N–H and O–H groups in total. The minimum absolute atomic E-state index is 0.0519. The lowest BCUT2D eigenvalue weighted by Crippen LogP contribution is -2.38. The maximum absolute atomic E-state index is 13.2. The summed E-state index contributed by atoms with van der Waals surface area (Å²) >= 11 is 0. The van der Waals surface area contributed by atoms with Gasteiger partial charge in [0.2, 0.25) is 11.9 Å². The van der Waals surface area contributed by atoms with Gasteiger partial charge in [-0.15, -0.1) is 0 Å². The number of rotatable bonds is 4. The van der Waals surface area contributed by atoms with Crippen molar-refractivity contribution in [1.82, 2.24) is 14.9 Å². The molecule has 1 aromatic heterocycles. The molecule has 1 atom stereocenters. The molecule has 1 amide bonds. The number of para-hydroxylation sites is 2. The Morgan fingerprint density at radius 2 is 1.81 bits per heavy atom. The first-order chi connectivity index (χ1) is 13.3. The van der Waals surface area contributed by atoms with Crippen LogP contribution in [0.2, 0.25) is 0 Å². The summed E-state index contributed by atoms with van der Waals surface area (Å²) in [5.41, 5.74) is 3.16. The fourth-order valence-electron chi connectivity index (χ4n) is 3.90. The molecule has 5 heteroatoms. The second kappa shape index (κ2) is 7.82. The van der Waals surface area contributed by atoms with Crippen LogP contribution in [0.5, 0.6) is 0 Å². The number of aromatic nitrogens is 2. The second-order valence-electron chi connectivity index (χ2n) is 7.11. The number of hydrogen-bond acceptors (Lipinski definition) is 3. The van der Waals surface area contributed by atoms with E-state index >= 15 is 0 Å². The van der Waals surface area contributed by atoms with Crippen LogP contribution in [0.25, 0.3) is 11.0 Å². The normalized spacial score (nSPS) is 16.3. The summed E-state index contributed by atoms with van der Waals surface area (Å²) < 4.78 is 0. The lowest BCUT2D eigenvalue weighted by Gasteiger charge is -2.26. The molecule has 3 aromatic rings. The maximum Gasteiger partial charge on any atom is 0.230 e. The SMILES string of the molecule is CCC(C(=O)N1CCCN(c2nc3ccccc3[nH]2)CC1)c1ccccc1. The van der Waals surface area contributed by atoms with Gasteiger partial charge in [0.25, 0.3) is 0 Å². The maximum atomic E-state index is 13.2. The lowest BCUT2D eigenvalue weighted by atomic mass is 9.95. The Hall–Kier alpha value is -2.82. The first kappa shape index (κ1) is 17.6. The zero-order chi connectivity index (χ0) is 18.6. The Balaban J connectivity index is 1.47. The molecule has 4 rings (SSSR count). The van der Waals surface area contributed by atoms with Gasteiger partial charge in [-0.1, -0.05) is 49.4 Å². The van der Waals surface area contributed by atoms with Crippen LogP contribution >= 0.6 is 0 Å². The smallest absolute Gasteiger partial charge is 0.230 e. The molecule has 1 aliphatic heterocycles. The Labute approximate surface area is 160 Å². The molecular formula is C22H26N4O. The standard InChI is InChI=1S/C22H26N4O/c1-2-18(17-9-4-3-5-10-17)21(27)25-13-8-14-26(16-15-25)22-23-19-11-6-7-12-20(19)24-22/h3-7,9-12,18H,2,8,13-16H2,1H3,(H,23,24). The zero-order valence-electron chi connectivity index (χ0n) is 15.8. The van der Waals surface area contributed by atoms with E-state index in [0.717, 1.165) is 61.6 Å². The van der Waals surface area contributed by atoms with E-state index < -0.39 is 0 Å². The molecule has 0 spiro atoms. The van der Waals surface area contributed by atoms with Gasteiger partial charge >= 0.3 is 0 Å². The molecule has 0 aliphatic carbocycles. The highest BCUT2D eigenvalue weighted by Crippen LogP contribution is 2.24. The number of benzene rings is 2. The Kier molecular flexibility index (Phi) is 5.10.